The van der Waals surface area contributed by atoms with Crippen molar-refractivity contribution in [3.8, 4) is 0 Å². The molecule has 1 aromatic rings. The molecule has 0 aliphatic carbocycles. The van der Waals surface area contributed by atoms with E-state index in [1.807, 2.05) is 30.3 Å². The Labute approximate surface area is 153 Å². The minimum atomic E-state index is -0.928. The van der Waals surface area contributed by atoms with Gasteiger partial charge in [0.2, 0.25) is 5.91 Å². The fourth-order valence-corrected chi connectivity index (χ4v) is 3.96. The van der Waals surface area contributed by atoms with Crippen molar-refractivity contribution >= 4 is 17.8 Å². The minimum absolute atomic E-state index is 0.0681. The van der Waals surface area contributed by atoms with Crippen molar-refractivity contribution in [2.45, 2.75) is 31.2 Å². The van der Waals surface area contributed by atoms with Crippen molar-refractivity contribution in [1.29, 1.82) is 0 Å². The number of hydrogen-bond donors (Lipinski definition) is 3. The Morgan fingerprint density at radius 3 is 2.58 bits per heavy atom. The second-order valence-corrected chi connectivity index (χ2v) is 6.98. The van der Waals surface area contributed by atoms with Crippen LogP contribution in [0.4, 0.5) is 4.79 Å². The van der Waals surface area contributed by atoms with Crippen LogP contribution in [-0.2, 0) is 16.0 Å². The number of piperidine rings is 1. The van der Waals surface area contributed by atoms with E-state index in [0.29, 0.717) is 12.8 Å². The first kappa shape index (κ1) is 18.4. The molecule has 7 nitrogen and oxygen atoms in total. The van der Waals surface area contributed by atoms with E-state index in [1.54, 1.807) is 0 Å². The van der Waals surface area contributed by atoms with Crippen LogP contribution in [0.25, 0.3) is 0 Å². The van der Waals surface area contributed by atoms with E-state index in [0.717, 1.165) is 36.4 Å². The molecule has 2 saturated heterocycles. The highest BCUT2D eigenvalue weighted by Crippen LogP contribution is 2.35. The molecule has 2 aliphatic rings. The summed E-state index contributed by atoms with van der Waals surface area (Å²) >= 11 is 0. The Kier molecular flexibility index (Phi) is 5.56. The van der Waals surface area contributed by atoms with E-state index in [9.17, 15) is 14.4 Å². The molecule has 3 rings (SSSR count). The lowest BCUT2D eigenvalue weighted by molar-refractivity contribution is -0.137. The number of rotatable bonds is 6. The average molecular weight is 358 g/mol. The number of amides is 4. The van der Waals surface area contributed by atoms with Crippen molar-refractivity contribution in [3.05, 3.63) is 35.9 Å². The van der Waals surface area contributed by atoms with Crippen molar-refractivity contribution < 1.29 is 14.4 Å². The molecular weight excluding hydrogens is 332 g/mol. The molecule has 7 heteroatoms. The maximum Gasteiger partial charge on any atom is 0.325 e. The molecule has 0 saturated carbocycles. The molecule has 2 fully saturated rings. The molecule has 0 spiro atoms. The number of carbonyl (C=O) groups excluding carboxylic acids is 3. The van der Waals surface area contributed by atoms with Gasteiger partial charge in [-0.15, -0.1) is 0 Å². The van der Waals surface area contributed by atoms with Crippen molar-refractivity contribution in [1.82, 2.24) is 20.9 Å². The van der Waals surface area contributed by atoms with Gasteiger partial charge in [0.1, 0.15) is 12.1 Å². The molecule has 1 aromatic carbocycles. The Bertz CT molecular complexity index is 673. The Morgan fingerprint density at radius 2 is 1.92 bits per heavy atom. The van der Waals surface area contributed by atoms with E-state index in [-0.39, 0.29) is 24.3 Å². The van der Waals surface area contributed by atoms with Gasteiger partial charge in [0, 0.05) is 7.05 Å². The van der Waals surface area contributed by atoms with Crippen LogP contribution in [0, 0.1) is 5.92 Å². The molecule has 0 aromatic heterocycles. The van der Waals surface area contributed by atoms with Gasteiger partial charge in [-0.1, -0.05) is 30.3 Å². The van der Waals surface area contributed by atoms with E-state index in [1.165, 1.54) is 7.05 Å². The van der Waals surface area contributed by atoms with Crippen LogP contribution >= 0.6 is 0 Å². The average Bonchev–Trinajstić information content (AvgIpc) is 2.93. The number of aryl methyl sites for hydroxylation is 1. The maximum absolute atomic E-state index is 13.3. The number of urea groups is 1. The number of imide groups is 1. The van der Waals surface area contributed by atoms with Crippen LogP contribution < -0.4 is 16.0 Å². The first-order valence-electron chi connectivity index (χ1n) is 9.16. The van der Waals surface area contributed by atoms with Gasteiger partial charge in [0.05, 0.1) is 0 Å². The lowest BCUT2D eigenvalue weighted by Gasteiger charge is -2.38. The molecule has 2 aliphatic heterocycles. The summed E-state index contributed by atoms with van der Waals surface area (Å²) in [4.78, 5) is 38.5. The third kappa shape index (κ3) is 3.58. The molecule has 1 unspecified atom stereocenters. The highest BCUT2D eigenvalue weighted by atomic mass is 16.2. The zero-order valence-corrected chi connectivity index (χ0v) is 15.1. The lowest BCUT2D eigenvalue weighted by Crippen LogP contribution is -2.56. The molecule has 3 N–H and O–H groups in total. The van der Waals surface area contributed by atoms with E-state index < -0.39 is 11.6 Å². The SMILES string of the molecule is CNC(=O)CN1C(=O)NC(CCc2ccccc2)(C2CCNCC2)C1=O. The number of hydrogen-bond acceptors (Lipinski definition) is 4. The summed E-state index contributed by atoms with van der Waals surface area (Å²) in [6, 6.07) is 9.49. The monoisotopic (exact) mass is 358 g/mol. The second kappa shape index (κ2) is 7.86. The summed E-state index contributed by atoms with van der Waals surface area (Å²) in [5.41, 5.74) is 0.205. The van der Waals surface area contributed by atoms with E-state index in [2.05, 4.69) is 16.0 Å². The highest BCUT2D eigenvalue weighted by molar-refractivity contribution is 6.09. The molecular formula is C19H26N4O3. The molecule has 1 atom stereocenters. The quantitative estimate of drug-likeness (QED) is 0.652. The zero-order chi connectivity index (χ0) is 18.6. The lowest BCUT2D eigenvalue weighted by atomic mass is 9.74. The first-order chi connectivity index (χ1) is 12.6. The van der Waals surface area contributed by atoms with Gasteiger partial charge >= 0.3 is 6.03 Å². The number of nitrogens with zero attached hydrogens (tertiary/aromatic N) is 1. The summed E-state index contributed by atoms with van der Waals surface area (Å²) in [6.45, 7) is 1.42. The number of nitrogens with one attached hydrogen (secondary N) is 3. The van der Waals surface area contributed by atoms with Gasteiger partial charge in [0.15, 0.2) is 0 Å². The normalized spacial score (nSPS) is 23.8. The summed E-state index contributed by atoms with van der Waals surface area (Å²) in [7, 11) is 1.50. The van der Waals surface area contributed by atoms with Gasteiger partial charge in [-0.2, -0.15) is 0 Å². The fourth-order valence-electron chi connectivity index (χ4n) is 3.96. The molecule has 0 bridgehead atoms. The van der Waals surface area contributed by atoms with Gasteiger partial charge in [-0.3, -0.25) is 14.5 Å². The van der Waals surface area contributed by atoms with Gasteiger partial charge in [0.25, 0.3) is 5.91 Å². The van der Waals surface area contributed by atoms with E-state index >= 15 is 0 Å². The van der Waals surface area contributed by atoms with Crippen molar-refractivity contribution in [3.63, 3.8) is 0 Å². The third-order valence-corrected chi connectivity index (χ3v) is 5.47. The summed E-state index contributed by atoms with van der Waals surface area (Å²) < 4.78 is 0. The topological polar surface area (TPSA) is 90.5 Å². The minimum Gasteiger partial charge on any atom is -0.358 e. The number of carbonyl (C=O) groups is 3. The molecule has 2 heterocycles. The second-order valence-electron chi connectivity index (χ2n) is 6.98. The van der Waals surface area contributed by atoms with Crippen LogP contribution in [0.3, 0.4) is 0 Å². The Morgan fingerprint density at radius 1 is 1.23 bits per heavy atom. The smallest absolute Gasteiger partial charge is 0.325 e. The fraction of sp³-hybridized carbons (Fsp3) is 0.526. The van der Waals surface area contributed by atoms with Crippen LogP contribution in [0.2, 0.25) is 0 Å². The standard InChI is InChI=1S/C19H26N4O3/c1-20-16(24)13-23-17(25)19(22-18(23)26,15-8-11-21-12-9-15)10-7-14-5-3-2-4-6-14/h2-6,15,21H,7-13H2,1H3,(H,20,24)(H,22,26). The summed E-state index contributed by atoms with van der Waals surface area (Å²) in [5.74, 6) is -0.551. The van der Waals surface area contributed by atoms with Crippen molar-refractivity contribution in [2.24, 2.45) is 5.92 Å². The highest BCUT2D eigenvalue weighted by Gasteiger charge is 2.55. The first-order valence-corrected chi connectivity index (χ1v) is 9.16. The van der Waals surface area contributed by atoms with Crippen molar-refractivity contribution in [2.75, 3.05) is 26.7 Å². The van der Waals surface area contributed by atoms with Crippen LogP contribution in [0.15, 0.2) is 30.3 Å². The zero-order valence-electron chi connectivity index (χ0n) is 15.1. The summed E-state index contributed by atoms with van der Waals surface area (Å²) in [5, 5.41) is 8.75. The van der Waals surface area contributed by atoms with E-state index in [4.69, 9.17) is 0 Å². The van der Waals surface area contributed by atoms with Gasteiger partial charge in [-0.25, -0.2) is 4.79 Å². The molecule has 26 heavy (non-hydrogen) atoms. The predicted octanol–water partition coefficient (Wildman–Crippen LogP) is 0.655. The third-order valence-electron chi connectivity index (χ3n) is 5.47. The van der Waals surface area contributed by atoms with Crippen LogP contribution in [-0.4, -0.2) is 55.0 Å². The summed E-state index contributed by atoms with van der Waals surface area (Å²) in [6.07, 6.45) is 2.89. The number of benzene rings is 1. The van der Waals surface area contributed by atoms with Gasteiger partial charge in [-0.05, 0) is 50.3 Å². The molecule has 4 amide bonds. The largest absolute Gasteiger partial charge is 0.358 e. The predicted molar refractivity (Wildman–Crippen MR) is 97.4 cm³/mol. The van der Waals surface area contributed by atoms with Crippen LogP contribution in [0.1, 0.15) is 24.8 Å². The number of likely N-dealkylation sites (N-methyl/N-ethyl adjacent to an activating group) is 1. The van der Waals surface area contributed by atoms with Crippen LogP contribution in [0.5, 0.6) is 0 Å². The molecule has 0 radical (unpaired) electrons. The Balaban J connectivity index is 1.84. The molecule has 140 valence electrons. The van der Waals surface area contributed by atoms with Gasteiger partial charge < -0.3 is 16.0 Å². The Hall–Kier alpha value is -2.41. The maximum atomic E-state index is 13.3.